The molecule has 4 aliphatic rings. The lowest BCUT2D eigenvalue weighted by Gasteiger charge is -2.28. The van der Waals surface area contributed by atoms with Crippen LogP contribution in [0.3, 0.4) is 0 Å². The molecule has 7 nitrogen and oxygen atoms in total. The molecule has 2 aliphatic heterocycles. The van der Waals surface area contributed by atoms with Crippen molar-refractivity contribution < 1.29 is 14.0 Å². The highest BCUT2D eigenvalue weighted by atomic mass is 19.1. The number of carbonyl (C=O) groups excluding carboxylic acids is 2. The molecule has 190 valence electrons. The third kappa shape index (κ3) is 4.03. The predicted octanol–water partition coefficient (Wildman–Crippen LogP) is 4.10. The standard InChI is InChI=1S/C29H30FN5O2/c30-25-13-22(19-1-3-20(4-2-19)23-14-31-32-15-23)7-8-24(25)26-33-29(10-11-29)28(37)35(26)17-18-9-12-34(16-18)27(36)21-5-6-21/h1-4,7-8,13-15,18,21,26,33H,5-6,9-12,16-17H2,(H,31,32)/t18-,26?/m1/s1. The minimum Gasteiger partial charge on any atom is -0.342 e. The molecule has 3 aromatic rings. The summed E-state index contributed by atoms with van der Waals surface area (Å²) in [5, 5.41) is 10.3. The van der Waals surface area contributed by atoms with E-state index in [0.29, 0.717) is 18.7 Å². The Kier molecular flexibility index (Phi) is 5.22. The van der Waals surface area contributed by atoms with Crippen LogP contribution in [-0.4, -0.2) is 57.0 Å². The van der Waals surface area contributed by atoms with Crippen molar-refractivity contribution in [1.29, 1.82) is 0 Å². The Labute approximate surface area is 215 Å². The van der Waals surface area contributed by atoms with Crippen molar-refractivity contribution >= 4 is 11.8 Å². The second kappa shape index (κ2) is 8.52. The molecule has 37 heavy (non-hydrogen) atoms. The smallest absolute Gasteiger partial charge is 0.244 e. The number of aromatic amines is 1. The number of halogens is 1. The average Bonchev–Trinajstić information content (AvgIpc) is 3.77. The van der Waals surface area contributed by atoms with Crippen LogP contribution in [0, 0.1) is 17.7 Å². The van der Waals surface area contributed by atoms with Gasteiger partial charge in [-0.3, -0.25) is 20.0 Å². The number of hydrogen-bond donors (Lipinski definition) is 2. The van der Waals surface area contributed by atoms with Gasteiger partial charge in [-0.1, -0.05) is 36.4 Å². The zero-order chi connectivity index (χ0) is 25.1. The molecule has 1 aromatic heterocycles. The van der Waals surface area contributed by atoms with E-state index in [0.717, 1.165) is 60.9 Å². The van der Waals surface area contributed by atoms with Gasteiger partial charge in [0.1, 0.15) is 17.5 Å². The van der Waals surface area contributed by atoms with Crippen LogP contribution in [0.2, 0.25) is 0 Å². The summed E-state index contributed by atoms with van der Waals surface area (Å²) in [4.78, 5) is 29.7. The van der Waals surface area contributed by atoms with Crippen LogP contribution in [0.4, 0.5) is 4.39 Å². The molecule has 0 radical (unpaired) electrons. The fraction of sp³-hybridized carbons (Fsp3) is 0.414. The summed E-state index contributed by atoms with van der Waals surface area (Å²) in [6, 6.07) is 13.3. The molecule has 0 bridgehead atoms. The van der Waals surface area contributed by atoms with Gasteiger partial charge < -0.3 is 9.80 Å². The highest BCUT2D eigenvalue weighted by Gasteiger charge is 2.60. The second-order valence-electron chi connectivity index (χ2n) is 11.1. The molecule has 3 heterocycles. The molecule has 2 N–H and O–H groups in total. The maximum atomic E-state index is 15.6. The predicted molar refractivity (Wildman–Crippen MR) is 136 cm³/mol. The lowest BCUT2D eigenvalue weighted by atomic mass is 9.99. The van der Waals surface area contributed by atoms with Gasteiger partial charge in [-0.2, -0.15) is 5.10 Å². The van der Waals surface area contributed by atoms with E-state index in [1.165, 1.54) is 0 Å². The first-order chi connectivity index (χ1) is 18.0. The average molecular weight is 500 g/mol. The third-order valence-corrected chi connectivity index (χ3v) is 8.47. The first-order valence-corrected chi connectivity index (χ1v) is 13.3. The number of rotatable bonds is 6. The van der Waals surface area contributed by atoms with Crippen LogP contribution in [-0.2, 0) is 9.59 Å². The van der Waals surface area contributed by atoms with Crippen LogP contribution in [0.25, 0.3) is 22.3 Å². The maximum Gasteiger partial charge on any atom is 0.244 e. The quantitative estimate of drug-likeness (QED) is 0.535. The van der Waals surface area contributed by atoms with E-state index in [1.54, 1.807) is 12.3 Å². The van der Waals surface area contributed by atoms with Gasteiger partial charge in [0.25, 0.3) is 0 Å². The molecule has 2 aliphatic carbocycles. The number of nitrogens with one attached hydrogen (secondary N) is 2. The lowest BCUT2D eigenvalue weighted by Crippen LogP contribution is -2.37. The van der Waals surface area contributed by atoms with Crippen molar-refractivity contribution in [2.75, 3.05) is 19.6 Å². The molecule has 8 heteroatoms. The van der Waals surface area contributed by atoms with E-state index in [4.69, 9.17) is 0 Å². The number of aromatic nitrogens is 2. The van der Waals surface area contributed by atoms with E-state index < -0.39 is 11.7 Å². The Bertz CT molecular complexity index is 1350. The highest BCUT2D eigenvalue weighted by Crippen LogP contribution is 2.47. The molecule has 1 unspecified atom stereocenters. The number of H-pyrrole nitrogens is 1. The van der Waals surface area contributed by atoms with Gasteiger partial charge >= 0.3 is 0 Å². The molecular formula is C29H30FN5O2. The molecule has 4 fully saturated rings. The summed E-state index contributed by atoms with van der Waals surface area (Å²) in [6.07, 6.45) is 7.60. The summed E-state index contributed by atoms with van der Waals surface area (Å²) < 4.78 is 15.6. The van der Waals surface area contributed by atoms with Crippen molar-refractivity contribution in [3.63, 3.8) is 0 Å². The summed E-state index contributed by atoms with van der Waals surface area (Å²) >= 11 is 0. The van der Waals surface area contributed by atoms with Crippen molar-refractivity contribution in [3.8, 4) is 22.3 Å². The van der Waals surface area contributed by atoms with Gasteiger partial charge in [-0.15, -0.1) is 0 Å². The lowest BCUT2D eigenvalue weighted by molar-refractivity contribution is -0.131. The number of nitrogens with zero attached hydrogens (tertiary/aromatic N) is 3. The molecule has 2 aromatic carbocycles. The van der Waals surface area contributed by atoms with Crippen molar-refractivity contribution in [1.82, 2.24) is 25.3 Å². The van der Waals surface area contributed by atoms with E-state index in [2.05, 4.69) is 15.5 Å². The van der Waals surface area contributed by atoms with Crippen molar-refractivity contribution in [2.45, 2.75) is 43.8 Å². The second-order valence-corrected chi connectivity index (χ2v) is 11.1. The maximum absolute atomic E-state index is 15.6. The van der Waals surface area contributed by atoms with Crippen LogP contribution < -0.4 is 5.32 Å². The fourth-order valence-electron chi connectivity index (χ4n) is 5.95. The first-order valence-electron chi connectivity index (χ1n) is 13.3. The largest absolute Gasteiger partial charge is 0.342 e. The summed E-state index contributed by atoms with van der Waals surface area (Å²) in [5.41, 5.74) is 3.72. The van der Waals surface area contributed by atoms with Gasteiger partial charge in [0.05, 0.1) is 6.20 Å². The Morgan fingerprint density at radius 1 is 1.03 bits per heavy atom. The number of benzene rings is 2. The summed E-state index contributed by atoms with van der Waals surface area (Å²) in [5.74, 6) is 0.457. The zero-order valence-corrected chi connectivity index (χ0v) is 20.6. The molecule has 2 amide bonds. The molecule has 2 atom stereocenters. The minimum absolute atomic E-state index is 0.0720. The van der Waals surface area contributed by atoms with Crippen molar-refractivity contribution in [3.05, 3.63) is 66.2 Å². The Morgan fingerprint density at radius 3 is 2.41 bits per heavy atom. The first kappa shape index (κ1) is 22.7. The SMILES string of the molecule is O=C(C1CC1)N1CC[C@@H](CN2C(=O)C3(CC3)NC2c2ccc(-c3ccc(-c4cn[nH]c4)cc3)cc2F)C1. The number of amides is 2. The van der Waals surface area contributed by atoms with Crippen LogP contribution in [0.5, 0.6) is 0 Å². The van der Waals surface area contributed by atoms with Crippen LogP contribution in [0.1, 0.15) is 43.8 Å². The topological polar surface area (TPSA) is 81.3 Å². The summed E-state index contributed by atoms with van der Waals surface area (Å²) in [6.45, 7) is 1.99. The normalized spacial score (nSPS) is 24.3. The summed E-state index contributed by atoms with van der Waals surface area (Å²) in [7, 11) is 0. The van der Waals surface area contributed by atoms with Gasteiger partial charge in [0, 0.05) is 42.9 Å². The highest BCUT2D eigenvalue weighted by molar-refractivity contribution is 5.92. The number of hydrogen-bond acceptors (Lipinski definition) is 4. The van der Waals surface area contributed by atoms with Crippen molar-refractivity contribution in [2.24, 2.45) is 11.8 Å². The third-order valence-electron chi connectivity index (χ3n) is 8.47. The molecule has 2 saturated carbocycles. The number of likely N-dealkylation sites (tertiary alicyclic amines) is 1. The number of carbonyl (C=O) groups is 2. The van der Waals surface area contributed by atoms with E-state index in [-0.39, 0.29) is 29.5 Å². The zero-order valence-electron chi connectivity index (χ0n) is 20.6. The van der Waals surface area contributed by atoms with E-state index in [9.17, 15) is 9.59 Å². The Balaban J connectivity index is 1.10. The Morgan fingerprint density at radius 2 is 1.76 bits per heavy atom. The van der Waals surface area contributed by atoms with E-state index in [1.807, 2.05) is 52.4 Å². The Hall–Kier alpha value is -3.52. The van der Waals surface area contributed by atoms with Gasteiger partial charge in [0.2, 0.25) is 11.8 Å². The fourth-order valence-corrected chi connectivity index (χ4v) is 5.95. The monoisotopic (exact) mass is 499 g/mol. The van der Waals surface area contributed by atoms with Gasteiger partial charge in [0.15, 0.2) is 0 Å². The molecule has 1 spiro atoms. The van der Waals surface area contributed by atoms with E-state index >= 15 is 4.39 Å². The minimum atomic E-state index is -0.541. The van der Waals surface area contributed by atoms with Crippen LogP contribution >= 0.6 is 0 Å². The van der Waals surface area contributed by atoms with Gasteiger partial charge in [-0.25, -0.2) is 4.39 Å². The molecular weight excluding hydrogens is 469 g/mol. The van der Waals surface area contributed by atoms with Crippen LogP contribution in [0.15, 0.2) is 54.9 Å². The molecule has 7 rings (SSSR count). The van der Waals surface area contributed by atoms with Gasteiger partial charge in [-0.05, 0) is 60.8 Å². The molecule has 2 saturated heterocycles.